The SMILES string of the molecule is COCCCC(=O)Cc1nccs1. The molecule has 1 aromatic rings. The zero-order valence-corrected chi connectivity index (χ0v) is 8.47. The Balaban J connectivity index is 2.18. The standard InChI is InChI=1S/C9H13NO2S/c1-12-5-2-3-8(11)7-9-10-4-6-13-9/h4,6H,2-3,5,7H2,1H3. The van der Waals surface area contributed by atoms with Crippen LogP contribution in [0.25, 0.3) is 0 Å². The molecule has 0 saturated heterocycles. The van der Waals surface area contributed by atoms with Crippen molar-refractivity contribution < 1.29 is 9.53 Å². The normalized spacial score (nSPS) is 10.2. The molecule has 3 nitrogen and oxygen atoms in total. The van der Waals surface area contributed by atoms with E-state index in [9.17, 15) is 4.79 Å². The highest BCUT2D eigenvalue weighted by Crippen LogP contribution is 2.06. The molecule has 1 heterocycles. The molecule has 0 aliphatic carbocycles. The van der Waals surface area contributed by atoms with Crippen molar-refractivity contribution >= 4 is 17.1 Å². The summed E-state index contributed by atoms with van der Waals surface area (Å²) in [5.74, 6) is 0.243. The Bertz CT molecular complexity index is 246. The summed E-state index contributed by atoms with van der Waals surface area (Å²) in [5.41, 5.74) is 0. The molecule has 0 saturated carbocycles. The molecule has 0 aliphatic heterocycles. The number of nitrogens with zero attached hydrogens (tertiary/aromatic N) is 1. The van der Waals surface area contributed by atoms with E-state index in [1.807, 2.05) is 5.38 Å². The first-order valence-corrected chi connectivity index (χ1v) is 5.10. The van der Waals surface area contributed by atoms with E-state index in [0.717, 1.165) is 11.4 Å². The van der Waals surface area contributed by atoms with Crippen LogP contribution < -0.4 is 0 Å². The quantitative estimate of drug-likeness (QED) is 0.654. The first-order chi connectivity index (χ1) is 6.33. The summed E-state index contributed by atoms with van der Waals surface area (Å²) in [6.07, 6.45) is 3.60. The molecule has 0 bridgehead atoms. The number of thiazole rings is 1. The lowest BCUT2D eigenvalue weighted by atomic mass is 10.2. The highest BCUT2D eigenvalue weighted by atomic mass is 32.1. The van der Waals surface area contributed by atoms with Crippen molar-refractivity contribution in [2.75, 3.05) is 13.7 Å². The van der Waals surface area contributed by atoms with Crippen LogP contribution in [0.15, 0.2) is 11.6 Å². The minimum Gasteiger partial charge on any atom is -0.385 e. The number of carbonyl (C=O) groups is 1. The summed E-state index contributed by atoms with van der Waals surface area (Å²) < 4.78 is 4.86. The van der Waals surface area contributed by atoms with Crippen molar-refractivity contribution in [3.05, 3.63) is 16.6 Å². The van der Waals surface area contributed by atoms with Crippen LogP contribution in [0.2, 0.25) is 0 Å². The largest absolute Gasteiger partial charge is 0.385 e. The molecule has 0 radical (unpaired) electrons. The molecule has 72 valence electrons. The van der Waals surface area contributed by atoms with Gasteiger partial charge in [-0.2, -0.15) is 0 Å². The summed E-state index contributed by atoms with van der Waals surface area (Å²) in [7, 11) is 1.64. The second-order valence-corrected chi connectivity index (χ2v) is 3.72. The summed E-state index contributed by atoms with van der Waals surface area (Å²) in [6, 6.07) is 0. The third kappa shape index (κ3) is 4.15. The second-order valence-electron chi connectivity index (χ2n) is 2.74. The Labute approximate surface area is 81.8 Å². The molecule has 0 aliphatic rings. The molecule has 0 fully saturated rings. The van der Waals surface area contributed by atoms with Gasteiger partial charge < -0.3 is 4.74 Å². The van der Waals surface area contributed by atoms with E-state index < -0.39 is 0 Å². The lowest BCUT2D eigenvalue weighted by Gasteiger charge is -1.97. The zero-order chi connectivity index (χ0) is 9.52. The summed E-state index contributed by atoms with van der Waals surface area (Å²) >= 11 is 1.53. The average molecular weight is 199 g/mol. The summed E-state index contributed by atoms with van der Waals surface area (Å²) in [4.78, 5) is 15.3. The average Bonchev–Trinajstić information content (AvgIpc) is 2.57. The molecule has 0 aromatic carbocycles. The summed E-state index contributed by atoms with van der Waals surface area (Å²) in [5, 5.41) is 2.79. The third-order valence-corrected chi connectivity index (χ3v) is 2.42. The van der Waals surface area contributed by atoms with Crippen LogP contribution in [0.3, 0.4) is 0 Å². The molecule has 1 aromatic heterocycles. The van der Waals surface area contributed by atoms with Crippen molar-refractivity contribution in [3.8, 4) is 0 Å². The molecule has 0 spiro atoms. The van der Waals surface area contributed by atoms with Gasteiger partial charge in [0.1, 0.15) is 5.78 Å². The highest BCUT2D eigenvalue weighted by Gasteiger charge is 2.04. The molecule has 0 unspecified atom stereocenters. The molecule has 13 heavy (non-hydrogen) atoms. The molecule has 4 heteroatoms. The fourth-order valence-corrected chi connectivity index (χ4v) is 1.66. The van der Waals surface area contributed by atoms with Crippen LogP contribution in [0.4, 0.5) is 0 Å². The number of hydrogen-bond acceptors (Lipinski definition) is 4. The Hall–Kier alpha value is -0.740. The van der Waals surface area contributed by atoms with Gasteiger partial charge in [0, 0.05) is 31.7 Å². The van der Waals surface area contributed by atoms with Crippen LogP contribution >= 0.6 is 11.3 Å². The van der Waals surface area contributed by atoms with Crippen molar-refractivity contribution in [1.29, 1.82) is 0 Å². The number of aromatic nitrogens is 1. The van der Waals surface area contributed by atoms with Crippen LogP contribution in [0.1, 0.15) is 17.8 Å². The summed E-state index contributed by atoms with van der Waals surface area (Å²) in [6.45, 7) is 0.656. The van der Waals surface area contributed by atoms with Crippen LogP contribution in [0.5, 0.6) is 0 Å². The zero-order valence-electron chi connectivity index (χ0n) is 7.66. The molecule has 0 amide bonds. The van der Waals surface area contributed by atoms with E-state index >= 15 is 0 Å². The van der Waals surface area contributed by atoms with Crippen LogP contribution in [-0.2, 0) is 16.0 Å². The number of rotatable bonds is 6. The molecular formula is C9H13NO2S. The van der Waals surface area contributed by atoms with E-state index in [-0.39, 0.29) is 5.78 Å². The maximum absolute atomic E-state index is 11.3. The molecule has 1 rings (SSSR count). The van der Waals surface area contributed by atoms with Gasteiger partial charge in [-0.1, -0.05) is 0 Å². The van der Waals surface area contributed by atoms with Crippen molar-refractivity contribution in [3.63, 3.8) is 0 Å². The Morgan fingerprint density at radius 1 is 1.69 bits per heavy atom. The number of hydrogen-bond donors (Lipinski definition) is 0. The Kier molecular flexibility index (Phi) is 4.64. The monoisotopic (exact) mass is 199 g/mol. The predicted molar refractivity (Wildman–Crippen MR) is 51.9 cm³/mol. The van der Waals surface area contributed by atoms with E-state index in [1.165, 1.54) is 11.3 Å². The highest BCUT2D eigenvalue weighted by molar-refractivity contribution is 7.09. The number of ketones is 1. The van der Waals surface area contributed by atoms with Gasteiger partial charge in [0.05, 0.1) is 11.4 Å². The van der Waals surface area contributed by atoms with Gasteiger partial charge in [-0.25, -0.2) is 4.98 Å². The fraction of sp³-hybridized carbons (Fsp3) is 0.556. The second kappa shape index (κ2) is 5.83. The van der Waals surface area contributed by atoms with Crippen molar-refractivity contribution in [2.24, 2.45) is 0 Å². The van der Waals surface area contributed by atoms with Gasteiger partial charge in [-0.15, -0.1) is 11.3 Å². The maximum Gasteiger partial charge on any atom is 0.139 e. The van der Waals surface area contributed by atoms with E-state index in [4.69, 9.17) is 4.74 Å². The Morgan fingerprint density at radius 3 is 3.15 bits per heavy atom. The molecular weight excluding hydrogens is 186 g/mol. The van der Waals surface area contributed by atoms with Crippen LogP contribution in [-0.4, -0.2) is 24.5 Å². The minimum absolute atomic E-state index is 0.243. The third-order valence-electron chi connectivity index (χ3n) is 1.64. The van der Waals surface area contributed by atoms with E-state index in [1.54, 1.807) is 13.3 Å². The lowest BCUT2D eigenvalue weighted by Crippen LogP contribution is -2.03. The first-order valence-electron chi connectivity index (χ1n) is 4.22. The van der Waals surface area contributed by atoms with Gasteiger partial charge in [0.2, 0.25) is 0 Å². The first kappa shape index (κ1) is 10.3. The van der Waals surface area contributed by atoms with Gasteiger partial charge >= 0.3 is 0 Å². The minimum atomic E-state index is 0.243. The smallest absolute Gasteiger partial charge is 0.139 e. The number of ether oxygens (including phenoxy) is 1. The maximum atomic E-state index is 11.3. The molecule has 0 atom stereocenters. The lowest BCUT2D eigenvalue weighted by molar-refractivity contribution is -0.118. The van der Waals surface area contributed by atoms with Gasteiger partial charge in [0.25, 0.3) is 0 Å². The number of methoxy groups -OCH3 is 1. The fourth-order valence-electron chi connectivity index (χ4n) is 1.01. The van der Waals surface area contributed by atoms with Gasteiger partial charge in [-0.05, 0) is 6.42 Å². The molecule has 0 N–H and O–H groups in total. The van der Waals surface area contributed by atoms with Crippen LogP contribution in [0, 0.1) is 0 Å². The topological polar surface area (TPSA) is 39.2 Å². The predicted octanol–water partition coefficient (Wildman–Crippen LogP) is 1.68. The van der Waals surface area contributed by atoms with E-state index in [0.29, 0.717) is 19.4 Å². The van der Waals surface area contributed by atoms with Crippen molar-refractivity contribution in [1.82, 2.24) is 4.98 Å². The van der Waals surface area contributed by atoms with Gasteiger partial charge in [0.15, 0.2) is 0 Å². The Morgan fingerprint density at radius 2 is 2.54 bits per heavy atom. The van der Waals surface area contributed by atoms with Gasteiger partial charge in [-0.3, -0.25) is 4.79 Å². The number of carbonyl (C=O) groups excluding carboxylic acids is 1. The number of Topliss-reactive ketones (excluding diaryl/α,β-unsaturated/α-hetero) is 1. The van der Waals surface area contributed by atoms with E-state index in [2.05, 4.69) is 4.98 Å². The van der Waals surface area contributed by atoms with Crippen molar-refractivity contribution in [2.45, 2.75) is 19.3 Å².